The van der Waals surface area contributed by atoms with Crippen molar-refractivity contribution in [2.24, 2.45) is 0 Å². The summed E-state index contributed by atoms with van der Waals surface area (Å²) >= 11 is 0. The van der Waals surface area contributed by atoms with Gasteiger partial charge in [0.25, 0.3) is 0 Å². The van der Waals surface area contributed by atoms with Gasteiger partial charge in [0.2, 0.25) is 5.91 Å². The first-order chi connectivity index (χ1) is 9.86. The number of anilines is 1. The molecule has 4 nitrogen and oxygen atoms in total. The van der Waals surface area contributed by atoms with E-state index >= 15 is 0 Å². The highest BCUT2D eigenvalue weighted by Gasteiger charge is 2.14. The molecule has 0 bridgehead atoms. The molecule has 1 N–H and O–H groups in total. The molecule has 112 valence electrons. The van der Waals surface area contributed by atoms with Crippen LogP contribution >= 0.6 is 0 Å². The van der Waals surface area contributed by atoms with Crippen molar-refractivity contribution < 1.29 is 9.18 Å². The molecule has 2 rings (SSSR count). The normalized spacial score (nSPS) is 12.2. The van der Waals surface area contributed by atoms with Crippen molar-refractivity contribution in [3.05, 3.63) is 47.0 Å². The van der Waals surface area contributed by atoms with E-state index in [1.807, 2.05) is 31.5 Å². The van der Waals surface area contributed by atoms with Crippen molar-refractivity contribution in [3.63, 3.8) is 0 Å². The lowest BCUT2D eigenvalue weighted by Crippen LogP contribution is -2.19. The highest BCUT2D eigenvalue weighted by molar-refractivity contribution is 5.90. The number of carbonyl (C=O) groups is 1. The number of hydrogen-bond donors (Lipinski definition) is 1. The summed E-state index contributed by atoms with van der Waals surface area (Å²) in [6, 6.07) is 6.61. The van der Waals surface area contributed by atoms with Gasteiger partial charge in [-0.05, 0) is 51.5 Å². The maximum atomic E-state index is 13.4. The summed E-state index contributed by atoms with van der Waals surface area (Å²) in [5.74, 6) is -0.474. The van der Waals surface area contributed by atoms with Crippen molar-refractivity contribution in [1.29, 1.82) is 0 Å². The Morgan fingerprint density at radius 1 is 1.33 bits per heavy atom. The fourth-order valence-electron chi connectivity index (χ4n) is 2.33. The van der Waals surface area contributed by atoms with Crippen LogP contribution < -0.4 is 5.32 Å². The molecule has 0 unspecified atom stereocenters. The van der Waals surface area contributed by atoms with Gasteiger partial charge in [-0.1, -0.05) is 6.07 Å². The average Bonchev–Trinajstić information content (AvgIpc) is 2.73. The first-order valence-corrected chi connectivity index (χ1v) is 6.95. The fourth-order valence-corrected chi connectivity index (χ4v) is 2.33. The van der Waals surface area contributed by atoms with Crippen LogP contribution in [0.4, 0.5) is 10.1 Å². The van der Waals surface area contributed by atoms with Crippen LogP contribution in [0.25, 0.3) is 0 Å². The van der Waals surface area contributed by atoms with Gasteiger partial charge in [0.15, 0.2) is 0 Å². The zero-order valence-corrected chi connectivity index (χ0v) is 12.8. The molecular weight excluding hydrogens is 269 g/mol. The first kappa shape index (κ1) is 15.2. The molecule has 0 aliphatic carbocycles. The van der Waals surface area contributed by atoms with Crippen LogP contribution in [0, 0.1) is 26.6 Å². The van der Waals surface area contributed by atoms with Crippen LogP contribution in [0.5, 0.6) is 0 Å². The maximum Gasteiger partial charge on any atom is 0.226 e. The van der Waals surface area contributed by atoms with Crippen molar-refractivity contribution in [2.75, 3.05) is 5.32 Å². The minimum Gasteiger partial charge on any atom is -0.326 e. The Kier molecular flexibility index (Phi) is 4.40. The Bertz CT molecular complexity index is 664. The number of rotatable bonds is 4. The number of amides is 1. The van der Waals surface area contributed by atoms with E-state index in [0.717, 1.165) is 11.4 Å². The predicted molar refractivity (Wildman–Crippen MR) is 80.8 cm³/mol. The van der Waals surface area contributed by atoms with Gasteiger partial charge >= 0.3 is 0 Å². The zero-order chi connectivity index (χ0) is 15.6. The summed E-state index contributed by atoms with van der Waals surface area (Å²) in [4.78, 5) is 12.0. The minimum atomic E-state index is -0.320. The summed E-state index contributed by atoms with van der Waals surface area (Å²) in [7, 11) is 0. The van der Waals surface area contributed by atoms with Gasteiger partial charge in [-0.3, -0.25) is 9.48 Å². The minimum absolute atomic E-state index is 0.0472. The number of aryl methyl sites for hydroxylation is 3. The fraction of sp³-hybridized carbons (Fsp3) is 0.375. The van der Waals surface area contributed by atoms with Crippen molar-refractivity contribution in [1.82, 2.24) is 9.78 Å². The van der Waals surface area contributed by atoms with Crippen LogP contribution in [0.15, 0.2) is 24.3 Å². The molecule has 2 aromatic rings. The molecule has 0 saturated heterocycles. The molecule has 1 aromatic carbocycles. The molecule has 0 spiro atoms. The van der Waals surface area contributed by atoms with Crippen molar-refractivity contribution in [2.45, 2.75) is 40.2 Å². The summed E-state index contributed by atoms with van der Waals surface area (Å²) in [6.07, 6.45) is 0.289. The largest absolute Gasteiger partial charge is 0.326 e. The second-order valence-electron chi connectivity index (χ2n) is 5.44. The molecule has 21 heavy (non-hydrogen) atoms. The van der Waals surface area contributed by atoms with E-state index in [1.165, 1.54) is 6.07 Å². The Hall–Kier alpha value is -2.17. The molecule has 0 saturated carbocycles. The molecule has 0 fully saturated rings. The molecule has 0 aliphatic rings. The lowest BCUT2D eigenvalue weighted by Gasteiger charge is -2.14. The van der Waals surface area contributed by atoms with E-state index in [4.69, 9.17) is 0 Å². The molecule has 0 aliphatic heterocycles. The lowest BCUT2D eigenvalue weighted by molar-refractivity contribution is -0.116. The number of nitrogens with zero attached hydrogens (tertiary/aromatic N) is 2. The lowest BCUT2D eigenvalue weighted by atomic mass is 10.2. The third-order valence-corrected chi connectivity index (χ3v) is 3.40. The number of benzene rings is 1. The van der Waals surface area contributed by atoms with E-state index in [0.29, 0.717) is 11.3 Å². The predicted octanol–water partition coefficient (Wildman–Crippen LogP) is 3.54. The van der Waals surface area contributed by atoms with E-state index in [2.05, 4.69) is 10.4 Å². The van der Waals surface area contributed by atoms with Gasteiger partial charge in [0, 0.05) is 17.8 Å². The smallest absolute Gasteiger partial charge is 0.226 e. The Morgan fingerprint density at radius 2 is 2.05 bits per heavy atom. The van der Waals surface area contributed by atoms with Crippen LogP contribution in [-0.4, -0.2) is 15.7 Å². The Labute approximate surface area is 124 Å². The van der Waals surface area contributed by atoms with Gasteiger partial charge in [0.05, 0.1) is 11.7 Å². The number of halogens is 1. The van der Waals surface area contributed by atoms with Crippen LogP contribution in [-0.2, 0) is 4.79 Å². The maximum absolute atomic E-state index is 13.4. The summed E-state index contributed by atoms with van der Waals surface area (Å²) in [5.41, 5.74) is 2.99. The average molecular weight is 289 g/mol. The number of aromatic nitrogens is 2. The van der Waals surface area contributed by atoms with Gasteiger partial charge in [-0.2, -0.15) is 5.10 Å². The highest BCUT2D eigenvalue weighted by atomic mass is 19.1. The van der Waals surface area contributed by atoms with E-state index in [-0.39, 0.29) is 24.2 Å². The second-order valence-corrected chi connectivity index (χ2v) is 5.44. The molecule has 5 heteroatoms. The van der Waals surface area contributed by atoms with E-state index in [9.17, 15) is 9.18 Å². The monoisotopic (exact) mass is 289 g/mol. The van der Waals surface area contributed by atoms with E-state index < -0.39 is 0 Å². The van der Waals surface area contributed by atoms with E-state index in [1.54, 1.807) is 19.1 Å². The molecule has 1 aromatic heterocycles. The second kappa shape index (κ2) is 6.08. The van der Waals surface area contributed by atoms with Crippen LogP contribution in [0.1, 0.15) is 36.3 Å². The van der Waals surface area contributed by atoms with Gasteiger partial charge in [0.1, 0.15) is 5.82 Å². The third kappa shape index (κ3) is 3.68. The van der Waals surface area contributed by atoms with Crippen molar-refractivity contribution in [3.8, 4) is 0 Å². The summed E-state index contributed by atoms with van der Waals surface area (Å²) in [6.45, 7) is 7.51. The third-order valence-electron chi connectivity index (χ3n) is 3.40. The topological polar surface area (TPSA) is 46.9 Å². The number of nitrogens with one attached hydrogen (secondary N) is 1. The quantitative estimate of drug-likeness (QED) is 0.935. The molecule has 0 radical (unpaired) electrons. The SMILES string of the molecule is Cc1cc(C)n([C@@H](C)CC(=O)Nc2ccc(C)c(F)c2)n1. The van der Waals surface area contributed by atoms with Gasteiger partial charge < -0.3 is 5.32 Å². The Morgan fingerprint density at radius 3 is 2.62 bits per heavy atom. The first-order valence-electron chi connectivity index (χ1n) is 6.95. The Balaban J connectivity index is 2.01. The molecule has 1 heterocycles. The van der Waals surface area contributed by atoms with Crippen LogP contribution in [0.3, 0.4) is 0 Å². The van der Waals surface area contributed by atoms with Crippen molar-refractivity contribution >= 4 is 11.6 Å². The molecule has 1 amide bonds. The van der Waals surface area contributed by atoms with Gasteiger partial charge in [-0.25, -0.2) is 4.39 Å². The van der Waals surface area contributed by atoms with Gasteiger partial charge in [-0.15, -0.1) is 0 Å². The standard InChI is InChI=1S/C16H20FN3O/c1-10-5-6-14(9-15(10)17)18-16(21)8-13(4)20-12(3)7-11(2)19-20/h5-7,9,13H,8H2,1-4H3,(H,18,21)/t13-/m0/s1. The highest BCUT2D eigenvalue weighted by Crippen LogP contribution is 2.17. The zero-order valence-electron chi connectivity index (χ0n) is 12.8. The summed E-state index contributed by atoms with van der Waals surface area (Å²) in [5, 5.41) is 7.09. The molecular formula is C16H20FN3O. The molecule has 1 atom stereocenters. The van der Waals surface area contributed by atoms with Crippen LogP contribution in [0.2, 0.25) is 0 Å². The number of carbonyl (C=O) groups excluding carboxylic acids is 1. The summed E-state index contributed by atoms with van der Waals surface area (Å²) < 4.78 is 15.3. The number of hydrogen-bond acceptors (Lipinski definition) is 2.